The van der Waals surface area contributed by atoms with Gasteiger partial charge in [0.2, 0.25) is 0 Å². The largest absolute Gasteiger partial charge is 0.375 e. The molecule has 0 spiro atoms. The summed E-state index contributed by atoms with van der Waals surface area (Å²) in [6.45, 7) is 0.286. The number of anilines is 1. The predicted octanol–water partition coefficient (Wildman–Crippen LogP) is 3.98. The summed E-state index contributed by atoms with van der Waals surface area (Å²) in [5.74, 6) is -0.696. The molecule has 2 aromatic carbocycles. The van der Waals surface area contributed by atoms with Crippen LogP contribution in [-0.2, 0) is 6.54 Å². The van der Waals surface area contributed by atoms with E-state index in [9.17, 15) is 14.5 Å². The van der Waals surface area contributed by atoms with Gasteiger partial charge in [-0.05, 0) is 39.7 Å². The van der Waals surface area contributed by atoms with Crippen LogP contribution in [0.15, 0.2) is 40.9 Å². The summed E-state index contributed by atoms with van der Waals surface area (Å²) < 4.78 is 13.5. The molecule has 0 atom stereocenters. The fourth-order valence-corrected chi connectivity index (χ4v) is 2.12. The summed E-state index contributed by atoms with van der Waals surface area (Å²) in [5, 5.41) is 22.6. The van der Waals surface area contributed by atoms with Crippen LogP contribution < -0.4 is 5.32 Å². The van der Waals surface area contributed by atoms with E-state index in [4.69, 9.17) is 5.26 Å². The molecule has 0 heterocycles. The molecule has 21 heavy (non-hydrogen) atoms. The Morgan fingerprint density at radius 3 is 2.81 bits per heavy atom. The minimum Gasteiger partial charge on any atom is -0.375 e. The van der Waals surface area contributed by atoms with E-state index >= 15 is 0 Å². The third-order valence-electron chi connectivity index (χ3n) is 2.77. The van der Waals surface area contributed by atoms with Crippen LogP contribution in [-0.4, -0.2) is 4.92 Å². The number of nitrogens with one attached hydrogen (secondary N) is 1. The summed E-state index contributed by atoms with van der Waals surface area (Å²) in [7, 11) is 0. The molecule has 0 fully saturated rings. The van der Waals surface area contributed by atoms with Crippen molar-refractivity contribution >= 4 is 27.3 Å². The van der Waals surface area contributed by atoms with E-state index in [0.717, 1.165) is 11.6 Å². The zero-order chi connectivity index (χ0) is 15.4. The smallest absolute Gasteiger partial charge is 0.295 e. The highest BCUT2D eigenvalue weighted by Gasteiger charge is 2.17. The van der Waals surface area contributed by atoms with Crippen molar-refractivity contribution in [1.29, 1.82) is 5.26 Å². The van der Waals surface area contributed by atoms with Gasteiger partial charge in [0.25, 0.3) is 5.69 Å². The van der Waals surface area contributed by atoms with Crippen molar-refractivity contribution in [1.82, 2.24) is 0 Å². The topological polar surface area (TPSA) is 79.0 Å². The van der Waals surface area contributed by atoms with Crippen molar-refractivity contribution in [2.45, 2.75) is 6.54 Å². The highest BCUT2D eigenvalue weighted by Crippen LogP contribution is 2.30. The molecule has 0 aliphatic carbocycles. The summed E-state index contributed by atoms with van der Waals surface area (Å²) in [4.78, 5) is 10.3. The summed E-state index contributed by atoms with van der Waals surface area (Å²) in [5.41, 5.74) is 1.16. The van der Waals surface area contributed by atoms with Crippen LogP contribution in [0.3, 0.4) is 0 Å². The van der Waals surface area contributed by atoms with Gasteiger partial charge in [-0.3, -0.25) is 10.1 Å². The fourth-order valence-electron chi connectivity index (χ4n) is 1.78. The van der Waals surface area contributed by atoms with E-state index in [-0.39, 0.29) is 22.4 Å². The number of nitriles is 1. The maximum Gasteiger partial charge on any atom is 0.295 e. The van der Waals surface area contributed by atoms with Crippen molar-refractivity contribution in [2.75, 3.05) is 5.32 Å². The molecule has 0 aliphatic rings. The Hall–Kier alpha value is -2.46. The maximum absolute atomic E-state index is 13.4. The number of hydrogen-bond donors (Lipinski definition) is 1. The number of benzene rings is 2. The molecule has 106 valence electrons. The molecule has 0 saturated carbocycles. The fraction of sp³-hybridized carbons (Fsp3) is 0.0714. The van der Waals surface area contributed by atoms with Gasteiger partial charge in [0, 0.05) is 6.54 Å². The van der Waals surface area contributed by atoms with Gasteiger partial charge in [0.15, 0.2) is 0 Å². The van der Waals surface area contributed by atoms with Gasteiger partial charge >= 0.3 is 0 Å². The minimum atomic E-state index is -0.696. The molecule has 0 saturated heterocycles. The zero-order valence-corrected chi connectivity index (χ0v) is 12.2. The quantitative estimate of drug-likeness (QED) is 0.668. The first-order chi connectivity index (χ1) is 10.0. The first-order valence-corrected chi connectivity index (χ1v) is 6.67. The second kappa shape index (κ2) is 6.33. The number of nitro groups is 1. The second-order valence-electron chi connectivity index (χ2n) is 4.21. The molecule has 7 heteroatoms. The Balaban J connectivity index is 2.25. The van der Waals surface area contributed by atoms with E-state index in [1.54, 1.807) is 24.3 Å². The Kier molecular flexibility index (Phi) is 4.50. The zero-order valence-electron chi connectivity index (χ0n) is 10.6. The van der Waals surface area contributed by atoms with Gasteiger partial charge < -0.3 is 5.32 Å². The lowest BCUT2D eigenvalue weighted by Gasteiger charge is -2.08. The number of hydrogen-bond acceptors (Lipinski definition) is 4. The van der Waals surface area contributed by atoms with Crippen LogP contribution in [0.4, 0.5) is 15.8 Å². The van der Waals surface area contributed by atoms with Crippen LogP contribution in [0.5, 0.6) is 0 Å². The van der Waals surface area contributed by atoms with Gasteiger partial charge in [-0.2, -0.15) is 5.26 Å². The predicted molar refractivity (Wildman–Crippen MR) is 79.2 cm³/mol. The molecule has 0 aliphatic heterocycles. The van der Waals surface area contributed by atoms with Crippen molar-refractivity contribution in [2.24, 2.45) is 0 Å². The number of halogens is 2. The third kappa shape index (κ3) is 3.55. The van der Waals surface area contributed by atoms with Crippen molar-refractivity contribution < 1.29 is 9.31 Å². The monoisotopic (exact) mass is 349 g/mol. The van der Waals surface area contributed by atoms with Gasteiger partial charge in [-0.15, -0.1) is 0 Å². The Morgan fingerprint density at radius 2 is 2.14 bits per heavy atom. The van der Waals surface area contributed by atoms with Crippen molar-refractivity contribution in [3.63, 3.8) is 0 Å². The Bertz CT molecular complexity index is 743. The van der Waals surface area contributed by atoms with Crippen molar-refractivity contribution in [3.05, 3.63) is 67.9 Å². The van der Waals surface area contributed by atoms with Crippen LogP contribution in [0, 0.1) is 27.3 Å². The Morgan fingerprint density at radius 1 is 1.38 bits per heavy atom. The number of nitro benzene ring substituents is 1. The molecule has 5 nitrogen and oxygen atoms in total. The molecule has 2 rings (SSSR count). The first kappa shape index (κ1) is 14.9. The van der Waals surface area contributed by atoms with Crippen LogP contribution in [0.1, 0.15) is 11.1 Å². The molecular weight excluding hydrogens is 341 g/mol. The lowest BCUT2D eigenvalue weighted by Crippen LogP contribution is -2.03. The number of nitrogens with zero attached hydrogens (tertiary/aromatic N) is 2. The SMILES string of the molecule is N#Cc1cccc(CNc2cc(Br)c(F)cc2[N+](=O)[O-])c1. The van der Waals surface area contributed by atoms with Gasteiger partial charge in [0.05, 0.1) is 27.1 Å². The van der Waals surface area contributed by atoms with Crippen LogP contribution in [0.2, 0.25) is 0 Å². The maximum atomic E-state index is 13.4. The first-order valence-electron chi connectivity index (χ1n) is 5.87. The van der Waals surface area contributed by atoms with Crippen LogP contribution in [0.25, 0.3) is 0 Å². The lowest BCUT2D eigenvalue weighted by atomic mass is 10.1. The van der Waals surface area contributed by atoms with E-state index in [2.05, 4.69) is 21.2 Å². The van der Waals surface area contributed by atoms with Gasteiger partial charge in [-0.25, -0.2) is 4.39 Å². The standard InChI is InChI=1S/C14H9BrFN3O2/c15-11-5-13(14(19(20)21)6-12(11)16)18-8-10-3-1-2-9(4-10)7-17/h1-6,18H,8H2. The van der Waals surface area contributed by atoms with Gasteiger partial charge in [0.1, 0.15) is 11.5 Å². The average molecular weight is 350 g/mol. The highest BCUT2D eigenvalue weighted by molar-refractivity contribution is 9.10. The summed E-state index contributed by atoms with van der Waals surface area (Å²) in [6.07, 6.45) is 0. The highest BCUT2D eigenvalue weighted by atomic mass is 79.9. The third-order valence-corrected chi connectivity index (χ3v) is 3.38. The summed E-state index contributed by atoms with van der Waals surface area (Å²) in [6, 6.07) is 11.1. The van der Waals surface area contributed by atoms with Crippen LogP contribution >= 0.6 is 15.9 Å². The molecule has 0 amide bonds. The molecule has 0 radical (unpaired) electrons. The minimum absolute atomic E-state index is 0.140. The average Bonchev–Trinajstić information content (AvgIpc) is 2.48. The molecule has 1 N–H and O–H groups in total. The van der Waals surface area contributed by atoms with E-state index < -0.39 is 10.7 Å². The molecule has 2 aromatic rings. The van der Waals surface area contributed by atoms with E-state index in [1.807, 2.05) is 6.07 Å². The van der Waals surface area contributed by atoms with E-state index in [1.165, 1.54) is 6.07 Å². The Labute approximate surface area is 128 Å². The van der Waals surface area contributed by atoms with E-state index in [0.29, 0.717) is 5.56 Å². The molecule has 0 bridgehead atoms. The summed E-state index contributed by atoms with van der Waals surface area (Å²) >= 11 is 3.00. The lowest BCUT2D eigenvalue weighted by molar-refractivity contribution is -0.384. The number of rotatable bonds is 4. The van der Waals surface area contributed by atoms with Crippen molar-refractivity contribution in [3.8, 4) is 6.07 Å². The molecule has 0 aromatic heterocycles. The second-order valence-corrected chi connectivity index (χ2v) is 5.06. The normalized spacial score (nSPS) is 9.95. The molecule has 0 unspecified atom stereocenters. The van der Waals surface area contributed by atoms with Gasteiger partial charge in [-0.1, -0.05) is 12.1 Å². The molecular formula is C14H9BrFN3O2.